The van der Waals surface area contributed by atoms with Crippen LogP contribution in [0.3, 0.4) is 0 Å². The Morgan fingerprint density at radius 3 is 2.41 bits per heavy atom. The number of amides is 1. The number of benzene rings is 2. The first-order valence-corrected chi connectivity index (χ1v) is 11.3. The Labute approximate surface area is 172 Å². The van der Waals surface area contributed by atoms with E-state index in [4.69, 9.17) is 4.74 Å². The van der Waals surface area contributed by atoms with Crippen molar-refractivity contribution in [3.8, 4) is 0 Å². The van der Waals surface area contributed by atoms with Gasteiger partial charge in [-0.3, -0.25) is 4.79 Å². The van der Waals surface area contributed by atoms with Gasteiger partial charge in [0.15, 0.2) is 0 Å². The first kappa shape index (κ1) is 21.0. The van der Waals surface area contributed by atoms with E-state index in [1.807, 2.05) is 6.07 Å². The zero-order chi connectivity index (χ0) is 21.0. The van der Waals surface area contributed by atoms with E-state index in [1.165, 1.54) is 35.6 Å². The van der Waals surface area contributed by atoms with Crippen molar-refractivity contribution in [2.24, 2.45) is 0 Å². The molecular weight excluding hydrogens is 412 g/mol. The summed E-state index contributed by atoms with van der Waals surface area (Å²) < 4.78 is 32.3. The number of rotatable bonds is 7. The number of carbonyl (C=O) groups excluding carboxylic acids is 2. The fraction of sp³-hybridized carbons (Fsp3) is 0.200. The van der Waals surface area contributed by atoms with E-state index in [1.54, 1.807) is 32.0 Å². The first-order valence-electron chi connectivity index (χ1n) is 8.96. The van der Waals surface area contributed by atoms with Crippen LogP contribution < -0.4 is 10.0 Å². The summed E-state index contributed by atoms with van der Waals surface area (Å²) in [6.45, 7) is 4.04. The number of carbonyl (C=O) groups is 2. The van der Waals surface area contributed by atoms with E-state index in [0.29, 0.717) is 22.7 Å². The zero-order valence-electron chi connectivity index (χ0n) is 15.9. The highest BCUT2D eigenvalue weighted by molar-refractivity contribution is 7.89. The molecule has 0 atom stereocenters. The fourth-order valence-corrected chi connectivity index (χ4v) is 4.66. The molecule has 0 aliphatic heterocycles. The van der Waals surface area contributed by atoms with Crippen LogP contribution in [-0.2, 0) is 14.8 Å². The van der Waals surface area contributed by atoms with E-state index >= 15 is 0 Å². The van der Waals surface area contributed by atoms with Gasteiger partial charge in [-0.15, -0.1) is 11.3 Å². The highest BCUT2D eigenvalue weighted by atomic mass is 32.2. The molecular formula is C20H20N2O5S2. The predicted molar refractivity (Wildman–Crippen MR) is 113 cm³/mol. The van der Waals surface area contributed by atoms with Gasteiger partial charge in [-0.25, -0.2) is 17.9 Å². The summed E-state index contributed by atoms with van der Waals surface area (Å²) in [4.78, 5) is 25.0. The SMILES string of the molecule is CCNS(=O)(=O)c1ccc(C(=O)Nc2ccc3sc(C(=O)OCC)cc3c2)cc1. The second-order valence-corrected chi connectivity index (χ2v) is 8.91. The molecule has 9 heteroatoms. The molecule has 0 saturated carbocycles. The molecule has 1 aromatic heterocycles. The van der Waals surface area contributed by atoms with Crippen LogP contribution in [0.2, 0.25) is 0 Å². The number of nitrogens with one attached hydrogen (secondary N) is 2. The minimum absolute atomic E-state index is 0.0992. The molecule has 1 heterocycles. The summed E-state index contributed by atoms with van der Waals surface area (Å²) in [7, 11) is -3.56. The molecule has 3 rings (SSSR count). The number of ether oxygens (including phenoxy) is 1. The van der Waals surface area contributed by atoms with Crippen LogP contribution in [-0.4, -0.2) is 33.4 Å². The van der Waals surface area contributed by atoms with Gasteiger partial charge in [0.1, 0.15) is 4.88 Å². The third-order valence-electron chi connectivity index (χ3n) is 4.01. The lowest BCUT2D eigenvalue weighted by Gasteiger charge is -2.07. The molecule has 0 unspecified atom stereocenters. The average molecular weight is 433 g/mol. The van der Waals surface area contributed by atoms with Crippen molar-refractivity contribution in [1.82, 2.24) is 4.72 Å². The molecule has 0 radical (unpaired) electrons. The number of anilines is 1. The fourth-order valence-electron chi connectivity index (χ4n) is 2.69. The van der Waals surface area contributed by atoms with Crippen LogP contribution in [0, 0.1) is 0 Å². The van der Waals surface area contributed by atoms with Crippen molar-refractivity contribution in [3.05, 3.63) is 59.0 Å². The Morgan fingerprint density at radius 2 is 1.76 bits per heavy atom. The van der Waals surface area contributed by atoms with Crippen molar-refractivity contribution < 1.29 is 22.7 Å². The number of fused-ring (bicyclic) bond motifs is 1. The molecule has 1 amide bonds. The lowest BCUT2D eigenvalue weighted by Crippen LogP contribution is -2.23. The summed E-state index contributed by atoms with van der Waals surface area (Å²) in [6, 6.07) is 12.8. The maximum Gasteiger partial charge on any atom is 0.348 e. The maximum atomic E-state index is 12.5. The van der Waals surface area contributed by atoms with Crippen LogP contribution >= 0.6 is 11.3 Å². The van der Waals surface area contributed by atoms with Gasteiger partial charge in [0.25, 0.3) is 5.91 Å². The molecule has 2 N–H and O–H groups in total. The van der Waals surface area contributed by atoms with E-state index in [9.17, 15) is 18.0 Å². The number of hydrogen-bond donors (Lipinski definition) is 2. The largest absolute Gasteiger partial charge is 0.462 e. The van der Waals surface area contributed by atoms with E-state index in [0.717, 1.165) is 10.1 Å². The van der Waals surface area contributed by atoms with Crippen molar-refractivity contribution in [2.75, 3.05) is 18.5 Å². The second-order valence-electron chi connectivity index (χ2n) is 6.06. The minimum Gasteiger partial charge on any atom is -0.462 e. The van der Waals surface area contributed by atoms with Crippen molar-refractivity contribution in [3.63, 3.8) is 0 Å². The van der Waals surface area contributed by atoms with Gasteiger partial charge in [0.2, 0.25) is 10.0 Å². The summed E-state index contributed by atoms with van der Waals surface area (Å²) in [5.74, 6) is -0.732. The molecule has 152 valence electrons. The van der Waals surface area contributed by atoms with Crippen molar-refractivity contribution in [2.45, 2.75) is 18.7 Å². The van der Waals surface area contributed by atoms with Crippen molar-refractivity contribution in [1.29, 1.82) is 0 Å². The topological polar surface area (TPSA) is 102 Å². The third-order valence-corrected chi connectivity index (χ3v) is 6.67. The van der Waals surface area contributed by atoms with Gasteiger partial charge in [-0.2, -0.15) is 0 Å². The quantitative estimate of drug-likeness (QED) is 0.555. The monoisotopic (exact) mass is 432 g/mol. The Kier molecular flexibility index (Phi) is 6.31. The summed E-state index contributed by atoms with van der Waals surface area (Å²) in [5.41, 5.74) is 0.901. The molecule has 0 saturated heterocycles. The van der Waals surface area contributed by atoms with Gasteiger partial charge >= 0.3 is 5.97 Å². The normalized spacial score (nSPS) is 11.4. The Balaban J connectivity index is 1.76. The van der Waals surface area contributed by atoms with E-state index < -0.39 is 10.0 Å². The molecule has 3 aromatic rings. The molecule has 0 bridgehead atoms. The zero-order valence-corrected chi connectivity index (χ0v) is 17.5. The Morgan fingerprint density at radius 1 is 1.03 bits per heavy atom. The van der Waals surface area contributed by atoms with Gasteiger partial charge in [0.05, 0.1) is 11.5 Å². The lowest BCUT2D eigenvalue weighted by atomic mass is 10.2. The van der Waals surface area contributed by atoms with Crippen LogP contribution in [0.1, 0.15) is 33.9 Å². The van der Waals surface area contributed by atoms with Crippen LogP contribution in [0.25, 0.3) is 10.1 Å². The van der Waals surface area contributed by atoms with E-state index in [-0.39, 0.29) is 23.3 Å². The number of thiophene rings is 1. The smallest absolute Gasteiger partial charge is 0.348 e. The van der Waals surface area contributed by atoms with E-state index in [2.05, 4.69) is 10.0 Å². The number of esters is 1. The van der Waals surface area contributed by atoms with Crippen molar-refractivity contribution >= 4 is 49.0 Å². The standard InChI is InChI=1S/C20H20N2O5S2/c1-3-21-29(25,26)16-8-5-13(6-9-16)19(23)22-15-7-10-17-14(11-15)12-18(28-17)20(24)27-4-2/h5-12,21H,3-4H2,1-2H3,(H,22,23). The molecule has 0 aliphatic rings. The van der Waals surface area contributed by atoms with Crippen LogP contribution in [0.15, 0.2) is 53.4 Å². The summed E-state index contributed by atoms with van der Waals surface area (Å²) in [5, 5.41) is 3.60. The lowest BCUT2D eigenvalue weighted by molar-refractivity contribution is 0.0532. The molecule has 0 aliphatic carbocycles. The molecule has 29 heavy (non-hydrogen) atoms. The minimum atomic E-state index is -3.56. The van der Waals surface area contributed by atoms with Gasteiger partial charge in [-0.1, -0.05) is 6.92 Å². The van der Waals surface area contributed by atoms with Crippen LogP contribution in [0.5, 0.6) is 0 Å². The number of sulfonamides is 1. The first-order chi connectivity index (χ1) is 13.8. The Bertz CT molecular complexity index is 1150. The number of hydrogen-bond acceptors (Lipinski definition) is 6. The van der Waals surface area contributed by atoms with Crippen LogP contribution in [0.4, 0.5) is 5.69 Å². The average Bonchev–Trinajstić information content (AvgIpc) is 3.12. The molecule has 2 aromatic carbocycles. The van der Waals surface area contributed by atoms with Gasteiger partial charge in [-0.05, 0) is 60.8 Å². The molecule has 0 spiro atoms. The summed E-state index contributed by atoms with van der Waals surface area (Å²) >= 11 is 1.33. The third kappa shape index (κ3) is 4.81. The second kappa shape index (κ2) is 8.73. The summed E-state index contributed by atoms with van der Waals surface area (Å²) in [6.07, 6.45) is 0. The molecule has 0 fully saturated rings. The van der Waals surface area contributed by atoms with Gasteiger partial charge in [0, 0.05) is 22.5 Å². The highest BCUT2D eigenvalue weighted by Gasteiger charge is 2.15. The molecule has 7 nitrogen and oxygen atoms in total. The maximum absolute atomic E-state index is 12.5. The highest BCUT2D eigenvalue weighted by Crippen LogP contribution is 2.29. The predicted octanol–water partition coefficient (Wildman–Crippen LogP) is 3.63. The Hall–Kier alpha value is -2.75. The van der Waals surface area contributed by atoms with Gasteiger partial charge < -0.3 is 10.1 Å².